The summed E-state index contributed by atoms with van der Waals surface area (Å²) in [6, 6.07) is 18.1. The van der Waals surface area contributed by atoms with E-state index in [2.05, 4.69) is 10.5 Å². The molecule has 0 unspecified atom stereocenters. The van der Waals surface area contributed by atoms with Crippen molar-refractivity contribution in [1.29, 1.82) is 0 Å². The van der Waals surface area contributed by atoms with Gasteiger partial charge < -0.3 is 15.6 Å². The number of nitrogen functional groups attached to an aromatic ring is 1. The number of aromatic nitrogens is 1. The van der Waals surface area contributed by atoms with Crippen molar-refractivity contribution < 1.29 is 9.32 Å². The van der Waals surface area contributed by atoms with Crippen LogP contribution in [0.4, 0.5) is 11.4 Å². The van der Waals surface area contributed by atoms with E-state index in [4.69, 9.17) is 10.3 Å². The summed E-state index contributed by atoms with van der Waals surface area (Å²) in [4.78, 5) is 12.1. The average Bonchev–Trinajstić information content (AvgIpc) is 2.98. The van der Waals surface area contributed by atoms with Crippen LogP contribution in [0.15, 0.2) is 65.2 Å². The normalized spacial score (nSPS) is 10.3. The molecule has 1 amide bonds. The van der Waals surface area contributed by atoms with Gasteiger partial charge in [0.1, 0.15) is 5.69 Å². The first-order valence-electron chi connectivity index (χ1n) is 6.41. The van der Waals surface area contributed by atoms with Crippen molar-refractivity contribution in [3.05, 3.63) is 66.4 Å². The lowest BCUT2D eigenvalue weighted by Gasteiger charge is -2.02. The third-order valence-electron chi connectivity index (χ3n) is 2.95. The van der Waals surface area contributed by atoms with E-state index in [-0.39, 0.29) is 11.7 Å². The highest BCUT2D eigenvalue weighted by Gasteiger charge is 2.14. The summed E-state index contributed by atoms with van der Waals surface area (Å²) in [5.41, 5.74) is 8.37. The number of amides is 1. The Labute approximate surface area is 121 Å². The van der Waals surface area contributed by atoms with E-state index in [1.807, 2.05) is 30.3 Å². The molecule has 2 aromatic carbocycles. The molecule has 0 saturated carbocycles. The van der Waals surface area contributed by atoms with Crippen LogP contribution in [0, 0.1) is 0 Å². The van der Waals surface area contributed by atoms with Crippen molar-refractivity contribution in [3.63, 3.8) is 0 Å². The van der Waals surface area contributed by atoms with Gasteiger partial charge in [-0.05, 0) is 18.2 Å². The summed E-state index contributed by atoms with van der Waals surface area (Å²) in [5.74, 6) is -0.216. The summed E-state index contributed by atoms with van der Waals surface area (Å²) < 4.78 is 5.09. The maximum absolute atomic E-state index is 12.1. The van der Waals surface area contributed by atoms with E-state index in [0.717, 1.165) is 5.56 Å². The summed E-state index contributed by atoms with van der Waals surface area (Å²) in [6.07, 6.45) is 0. The summed E-state index contributed by atoms with van der Waals surface area (Å²) in [7, 11) is 0. The Morgan fingerprint density at radius 3 is 2.62 bits per heavy atom. The van der Waals surface area contributed by atoms with Crippen molar-refractivity contribution in [2.24, 2.45) is 0 Å². The maximum atomic E-state index is 12.1. The predicted octanol–water partition coefficient (Wildman–Crippen LogP) is 3.18. The van der Waals surface area contributed by atoms with E-state index in [1.165, 1.54) is 0 Å². The molecular formula is C16H13N3O2. The first kappa shape index (κ1) is 12.9. The van der Waals surface area contributed by atoms with Gasteiger partial charge in [-0.15, -0.1) is 0 Å². The minimum Gasteiger partial charge on any atom is -0.399 e. The Morgan fingerprint density at radius 1 is 1.05 bits per heavy atom. The number of hydrogen-bond donors (Lipinski definition) is 2. The molecule has 0 fully saturated rings. The molecule has 3 rings (SSSR count). The molecule has 5 heteroatoms. The van der Waals surface area contributed by atoms with Gasteiger partial charge in [-0.25, -0.2) is 0 Å². The first-order chi connectivity index (χ1) is 10.2. The Kier molecular flexibility index (Phi) is 3.39. The zero-order valence-corrected chi connectivity index (χ0v) is 11.1. The Balaban J connectivity index is 1.78. The second kappa shape index (κ2) is 5.50. The Bertz CT molecular complexity index is 766. The number of rotatable bonds is 3. The SMILES string of the molecule is Nc1cccc(NC(=O)c2cc(-c3ccccc3)no2)c1. The van der Waals surface area contributed by atoms with Gasteiger partial charge in [0.2, 0.25) is 5.76 Å². The number of nitrogens with two attached hydrogens (primary N) is 1. The van der Waals surface area contributed by atoms with Gasteiger partial charge in [-0.1, -0.05) is 41.6 Å². The summed E-state index contributed by atoms with van der Waals surface area (Å²) >= 11 is 0. The molecule has 3 aromatic rings. The van der Waals surface area contributed by atoms with E-state index < -0.39 is 0 Å². The van der Waals surface area contributed by atoms with Crippen molar-refractivity contribution in [3.8, 4) is 11.3 Å². The minimum atomic E-state index is -0.365. The molecule has 21 heavy (non-hydrogen) atoms. The van der Waals surface area contributed by atoms with Crippen LogP contribution in [0.2, 0.25) is 0 Å². The number of carbonyl (C=O) groups excluding carboxylic acids is 1. The second-order valence-corrected chi connectivity index (χ2v) is 4.52. The number of anilines is 2. The van der Waals surface area contributed by atoms with Crippen LogP contribution < -0.4 is 11.1 Å². The summed E-state index contributed by atoms with van der Waals surface area (Å²) in [6.45, 7) is 0. The molecule has 0 radical (unpaired) electrons. The Hall–Kier alpha value is -3.08. The van der Waals surface area contributed by atoms with Gasteiger partial charge in [-0.2, -0.15) is 0 Å². The van der Waals surface area contributed by atoms with Gasteiger partial charge in [-0.3, -0.25) is 4.79 Å². The summed E-state index contributed by atoms with van der Waals surface area (Å²) in [5, 5.41) is 6.62. The van der Waals surface area contributed by atoms with Crippen molar-refractivity contribution in [1.82, 2.24) is 5.16 Å². The van der Waals surface area contributed by atoms with Crippen LogP contribution in [0.25, 0.3) is 11.3 Å². The molecule has 104 valence electrons. The van der Waals surface area contributed by atoms with E-state index in [9.17, 15) is 4.79 Å². The molecule has 3 N–H and O–H groups in total. The number of nitrogens with one attached hydrogen (secondary N) is 1. The van der Waals surface area contributed by atoms with Crippen LogP contribution in [0.3, 0.4) is 0 Å². The fourth-order valence-electron chi connectivity index (χ4n) is 1.94. The highest BCUT2D eigenvalue weighted by molar-refractivity contribution is 6.02. The molecule has 0 spiro atoms. The number of benzene rings is 2. The van der Waals surface area contributed by atoms with Crippen molar-refractivity contribution >= 4 is 17.3 Å². The second-order valence-electron chi connectivity index (χ2n) is 4.52. The lowest BCUT2D eigenvalue weighted by atomic mass is 10.1. The highest BCUT2D eigenvalue weighted by atomic mass is 16.5. The number of nitrogens with zero attached hydrogens (tertiary/aromatic N) is 1. The standard InChI is InChI=1S/C16H13N3O2/c17-12-7-4-8-13(9-12)18-16(20)15-10-14(19-21-15)11-5-2-1-3-6-11/h1-10H,17H2,(H,18,20). The third-order valence-corrected chi connectivity index (χ3v) is 2.95. The fraction of sp³-hybridized carbons (Fsp3) is 0. The van der Waals surface area contributed by atoms with E-state index >= 15 is 0 Å². The molecule has 0 atom stereocenters. The highest BCUT2D eigenvalue weighted by Crippen LogP contribution is 2.19. The van der Waals surface area contributed by atoms with Crippen LogP contribution in [0.5, 0.6) is 0 Å². The predicted molar refractivity (Wildman–Crippen MR) is 80.7 cm³/mol. The van der Waals surface area contributed by atoms with Gasteiger partial charge in [0.25, 0.3) is 5.91 Å². The van der Waals surface area contributed by atoms with Crippen molar-refractivity contribution in [2.75, 3.05) is 11.1 Å². The van der Waals surface area contributed by atoms with Gasteiger partial charge in [0.15, 0.2) is 0 Å². The van der Waals surface area contributed by atoms with Crippen molar-refractivity contribution in [2.45, 2.75) is 0 Å². The maximum Gasteiger partial charge on any atom is 0.294 e. The molecular weight excluding hydrogens is 266 g/mol. The molecule has 0 bridgehead atoms. The van der Waals surface area contributed by atoms with Gasteiger partial charge in [0.05, 0.1) is 0 Å². The van der Waals surface area contributed by atoms with Crippen LogP contribution in [0.1, 0.15) is 10.6 Å². The first-order valence-corrected chi connectivity index (χ1v) is 6.41. The lowest BCUT2D eigenvalue weighted by Crippen LogP contribution is -2.10. The molecule has 0 saturated heterocycles. The smallest absolute Gasteiger partial charge is 0.294 e. The number of hydrogen-bond acceptors (Lipinski definition) is 4. The molecule has 1 aromatic heterocycles. The molecule has 0 aliphatic heterocycles. The molecule has 0 aliphatic rings. The molecule has 0 aliphatic carbocycles. The average molecular weight is 279 g/mol. The zero-order chi connectivity index (χ0) is 14.7. The fourth-order valence-corrected chi connectivity index (χ4v) is 1.94. The van der Waals surface area contributed by atoms with Crippen LogP contribution in [-0.2, 0) is 0 Å². The minimum absolute atomic E-state index is 0.149. The van der Waals surface area contributed by atoms with Gasteiger partial charge >= 0.3 is 0 Å². The topological polar surface area (TPSA) is 81.1 Å². The van der Waals surface area contributed by atoms with Gasteiger partial charge in [0, 0.05) is 23.0 Å². The van der Waals surface area contributed by atoms with E-state index in [0.29, 0.717) is 17.1 Å². The Morgan fingerprint density at radius 2 is 1.86 bits per heavy atom. The monoisotopic (exact) mass is 279 g/mol. The molecule has 1 heterocycles. The zero-order valence-electron chi connectivity index (χ0n) is 11.1. The van der Waals surface area contributed by atoms with Crippen LogP contribution in [-0.4, -0.2) is 11.1 Å². The lowest BCUT2D eigenvalue weighted by molar-refractivity contribution is 0.0988. The molecule has 5 nitrogen and oxygen atoms in total. The largest absolute Gasteiger partial charge is 0.399 e. The third kappa shape index (κ3) is 2.92. The van der Waals surface area contributed by atoms with E-state index in [1.54, 1.807) is 30.3 Å². The van der Waals surface area contributed by atoms with Crippen LogP contribution >= 0.6 is 0 Å². The quantitative estimate of drug-likeness (QED) is 0.721. The number of carbonyl (C=O) groups is 1.